The predicted molar refractivity (Wildman–Crippen MR) is 126 cm³/mol. The molecule has 9 heteroatoms. The third kappa shape index (κ3) is 2.67. The van der Waals surface area contributed by atoms with Crippen LogP contribution in [-0.2, 0) is 40.2 Å². The van der Waals surface area contributed by atoms with Crippen LogP contribution in [0.25, 0.3) is 22.3 Å². The number of benzene rings is 1. The third-order valence-electron chi connectivity index (χ3n) is 7.77. The van der Waals surface area contributed by atoms with E-state index in [2.05, 4.69) is 0 Å². The van der Waals surface area contributed by atoms with Crippen LogP contribution in [-0.4, -0.2) is 20.6 Å². The fourth-order valence-electron chi connectivity index (χ4n) is 5.84. The van der Waals surface area contributed by atoms with E-state index in [1.807, 2.05) is 6.92 Å². The summed E-state index contributed by atoms with van der Waals surface area (Å²) in [5.74, 6) is -1.08. The van der Waals surface area contributed by atoms with Crippen LogP contribution in [0.1, 0.15) is 60.1 Å². The molecule has 0 saturated heterocycles. The second-order valence-electron chi connectivity index (χ2n) is 9.69. The first kappa shape index (κ1) is 23.0. The molecule has 1 aliphatic carbocycles. The molecule has 178 valence electrons. The number of rotatable bonds is 1. The SMILES string of the molecule is CC[C@@]1(O)C(=O)OCc2c1cc1n(c2=O)Cc2c-1nc1cc(F)c(C)c3c1c2[C@@](C)(N)CC3.Cl. The Hall–Kier alpha value is -2.81. The first-order chi connectivity index (χ1) is 15.6. The number of hydrogen-bond donors (Lipinski definition) is 2. The van der Waals surface area contributed by atoms with E-state index in [9.17, 15) is 19.1 Å². The molecule has 0 radical (unpaired) electrons. The van der Waals surface area contributed by atoms with Crippen LogP contribution >= 0.6 is 12.4 Å². The summed E-state index contributed by atoms with van der Waals surface area (Å²) >= 11 is 0. The summed E-state index contributed by atoms with van der Waals surface area (Å²) in [6.45, 7) is 5.49. The summed E-state index contributed by atoms with van der Waals surface area (Å²) < 4.78 is 21.5. The van der Waals surface area contributed by atoms with E-state index in [4.69, 9.17) is 15.5 Å². The summed E-state index contributed by atoms with van der Waals surface area (Å²) in [4.78, 5) is 30.7. The number of pyridine rings is 2. The molecule has 3 aliphatic rings. The molecule has 34 heavy (non-hydrogen) atoms. The Bertz CT molecular complexity index is 1500. The molecule has 6 rings (SSSR count). The fraction of sp³-hybridized carbons (Fsp3) is 0.400. The summed E-state index contributed by atoms with van der Waals surface area (Å²) in [7, 11) is 0. The van der Waals surface area contributed by atoms with E-state index in [1.54, 1.807) is 24.5 Å². The maximum atomic E-state index is 14.8. The molecule has 2 aliphatic heterocycles. The third-order valence-corrected chi connectivity index (χ3v) is 7.77. The van der Waals surface area contributed by atoms with E-state index in [-0.39, 0.29) is 54.5 Å². The number of hydrogen-bond acceptors (Lipinski definition) is 6. The Morgan fingerprint density at radius 2 is 2.00 bits per heavy atom. The molecule has 7 nitrogen and oxygen atoms in total. The van der Waals surface area contributed by atoms with E-state index in [1.165, 1.54) is 6.07 Å². The Morgan fingerprint density at radius 3 is 2.71 bits per heavy atom. The van der Waals surface area contributed by atoms with Crippen molar-refractivity contribution in [2.45, 2.75) is 64.3 Å². The van der Waals surface area contributed by atoms with Crippen molar-refractivity contribution in [1.29, 1.82) is 0 Å². The quantitative estimate of drug-likeness (QED) is 0.401. The Morgan fingerprint density at radius 1 is 1.26 bits per heavy atom. The number of aromatic nitrogens is 2. The summed E-state index contributed by atoms with van der Waals surface area (Å²) in [6.07, 6.45) is 1.37. The molecule has 4 heterocycles. The summed E-state index contributed by atoms with van der Waals surface area (Å²) in [5, 5.41) is 11.9. The van der Waals surface area contributed by atoms with Crippen molar-refractivity contribution in [2.75, 3.05) is 0 Å². The van der Waals surface area contributed by atoms with Crippen LogP contribution in [0.3, 0.4) is 0 Å². The monoisotopic (exact) mass is 485 g/mol. The molecule has 0 bridgehead atoms. The molecule has 1 aromatic carbocycles. The minimum absolute atomic E-state index is 0. The van der Waals surface area contributed by atoms with Crippen LogP contribution in [0, 0.1) is 12.7 Å². The van der Waals surface area contributed by atoms with Crippen LogP contribution in [0.15, 0.2) is 16.9 Å². The van der Waals surface area contributed by atoms with Gasteiger partial charge in [0.2, 0.25) is 0 Å². The lowest BCUT2D eigenvalue weighted by Crippen LogP contribution is -2.44. The van der Waals surface area contributed by atoms with Crippen molar-refractivity contribution in [2.24, 2.45) is 5.73 Å². The molecule has 2 aromatic heterocycles. The molecule has 0 unspecified atom stereocenters. The largest absolute Gasteiger partial charge is 0.458 e. The smallest absolute Gasteiger partial charge is 0.343 e. The van der Waals surface area contributed by atoms with Crippen molar-refractivity contribution in [3.63, 3.8) is 0 Å². The van der Waals surface area contributed by atoms with Gasteiger partial charge in [0.15, 0.2) is 5.60 Å². The van der Waals surface area contributed by atoms with Crippen molar-refractivity contribution in [3.8, 4) is 11.4 Å². The molecular weight excluding hydrogens is 461 g/mol. The number of aryl methyl sites for hydroxylation is 1. The average Bonchev–Trinajstić information content (AvgIpc) is 3.14. The molecule has 0 amide bonds. The maximum Gasteiger partial charge on any atom is 0.343 e. The molecule has 0 fully saturated rings. The first-order valence-corrected chi connectivity index (χ1v) is 11.2. The van der Waals surface area contributed by atoms with Gasteiger partial charge in [0.05, 0.1) is 29.0 Å². The number of fused-ring (bicyclic) bond motifs is 5. The summed E-state index contributed by atoms with van der Waals surface area (Å²) in [6, 6.07) is 3.10. The van der Waals surface area contributed by atoms with E-state index < -0.39 is 17.1 Å². The second-order valence-corrected chi connectivity index (χ2v) is 9.69. The first-order valence-electron chi connectivity index (χ1n) is 11.2. The molecule has 0 spiro atoms. The lowest BCUT2D eigenvalue weighted by Gasteiger charge is -2.34. The lowest BCUT2D eigenvalue weighted by molar-refractivity contribution is -0.172. The van der Waals surface area contributed by atoms with Gasteiger partial charge in [0.25, 0.3) is 5.56 Å². The number of cyclic esters (lactones) is 1. The number of carbonyl (C=O) groups is 1. The van der Waals surface area contributed by atoms with Gasteiger partial charge in [-0.05, 0) is 55.9 Å². The van der Waals surface area contributed by atoms with Crippen molar-refractivity contribution in [1.82, 2.24) is 9.55 Å². The molecular formula is C25H25ClFN3O4. The normalized spacial score (nSPS) is 24.2. The number of carbonyl (C=O) groups excluding carboxylic acids is 1. The van der Waals surface area contributed by atoms with Crippen molar-refractivity contribution < 1.29 is 19.0 Å². The zero-order valence-corrected chi connectivity index (χ0v) is 19.9. The Kier molecular flexibility index (Phi) is 4.79. The molecule has 0 saturated carbocycles. The maximum absolute atomic E-state index is 14.8. The van der Waals surface area contributed by atoms with Gasteiger partial charge in [0, 0.05) is 28.1 Å². The highest BCUT2D eigenvalue weighted by atomic mass is 35.5. The number of nitrogens with two attached hydrogens (primary N) is 1. The Balaban J connectivity index is 0.00000241. The number of nitrogens with zero attached hydrogens (tertiary/aromatic N) is 2. The number of halogens is 2. The second kappa shape index (κ2) is 7.10. The number of aliphatic hydroxyl groups is 1. The predicted octanol–water partition coefficient (Wildman–Crippen LogP) is 3.07. The van der Waals surface area contributed by atoms with Gasteiger partial charge in [-0.1, -0.05) is 6.92 Å². The van der Waals surface area contributed by atoms with Gasteiger partial charge >= 0.3 is 5.97 Å². The van der Waals surface area contributed by atoms with Crippen LogP contribution in [0.2, 0.25) is 0 Å². The van der Waals surface area contributed by atoms with Crippen molar-refractivity contribution in [3.05, 3.63) is 61.7 Å². The topological polar surface area (TPSA) is 107 Å². The van der Waals surface area contributed by atoms with Crippen molar-refractivity contribution >= 4 is 29.3 Å². The van der Waals surface area contributed by atoms with Gasteiger partial charge in [0.1, 0.15) is 12.4 Å². The molecule has 2 atom stereocenters. The zero-order chi connectivity index (χ0) is 23.4. The summed E-state index contributed by atoms with van der Waals surface area (Å²) in [5.41, 5.74) is 9.21. The van der Waals surface area contributed by atoms with Gasteiger partial charge < -0.3 is 20.1 Å². The van der Waals surface area contributed by atoms with Crippen LogP contribution in [0.5, 0.6) is 0 Å². The van der Waals surface area contributed by atoms with Gasteiger partial charge in [-0.2, -0.15) is 0 Å². The van der Waals surface area contributed by atoms with E-state index in [0.717, 1.165) is 22.1 Å². The lowest BCUT2D eigenvalue weighted by atomic mass is 9.75. The fourth-order valence-corrected chi connectivity index (χ4v) is 5.84. The molecule has 3 aromatic rings. The van der Waals surface area contributed by atoms with Crippen LogP contribution < -0.4 is 11.3 Å². The average molecular weight is 486 g/mol. The van der Waals surface area contributed by atoms with Crippen LogP contribution in [0.4, 0.5) is 4.39 Å². The number of ether oxygens (including phenoxy) is 1. The van der Waals surface area contributed by atoms with Gasteiger partial charge in [-0.3, -0.25) is 4.79 Å². The minimum Gasteiger partial charge on any atom is -0.458 e. The number of esters is 1. The highest BCUT2D eigenvalue weighted by molar-refractivity contribution is 5.93. The zero-order valence-electron chi connectivity index (χ0n) is 19.1. The standard InChI is InChI=1S/C25H24FN3O4.ClH/c1-4-25(32)15-7-18-21-13(9-29(18)22(30)14(15)10-33-23(25)31)20-19-12(5-6-24(20,3)27)11(2)16(26)8-17(19)28-21;/h7-8,32H,4-6,9-10,27H2,1-3H3;1H/t24-,25-;/m0./s1. The van der Waals surface area contributed by atoms with Gasteiger partial charge in [-0.25, -0.2) is 14.2 Å². The minimum atomic E-state index is -1.89. The Labute approximate surface area is 201 Å². The highest BCUT2D eigenvalue weighted by Gasteiger charge is 2.46. The van der Waals surface area contributed by atoms with E-state index >= 15 is 0 Å². The molecule has 3 N–H and O–H groups in total. The highest BCUT2D eigenvalue weighted by Crippen LogP contribution is 2.46. The van der Waals surface area contributed by atoms with Gasteiger partial charge in [-0.15, -0.1) is 12.4 Å². The van der Waals surface area contributed by atoms with E-state index in [0.29, 0.717) is 35.3 Å².